The van der Waals surface area contributed by atoms with E-state index in [1.54, 1.807) is 7.11 Å². The molecule has 28 heavy (non-hydrogen) atoms. The van der Waals surface area contributed by atoms with Crippen LogP contribution in [0, 0.1) is 0 Å². The fraction of sp³-hybridized carbons (Fsp3) is 0.500. The van der Waals surface area contributed by atoms with Gasteiger partial charge in [-0.25, -0.2) is 0 Å². The van der Waals surface area contributed by atoms with Gasteiger partial charge in [-0.3, -0.25) is 4.90 Å². The summed E-state index contributed by atoms with van der Waals surface area (Å²) in [5.41, 5.74) is 3.03. The summed E-state index contributed by atoms with van der Waals surface area (Å²) in [4.78, 5) is 4.82. The zero-order valence-electron chi connectivity index (χ0n) is 17.3. The fourth-order valence-electron chi connectivity index (χ4n) is 5.04. The van der Waals surface area contributed by atoms with Crippen LogP contribution < -0.4 is 4.74 Å². The lowest BCUT2D eigenvalue weighted by Gasteiger charge is -2.44. The molecule has 4 heteroatoms. The number of methoxy groups -OCH3 is 1. The maximum Gasteiger partial charge on any atom is 0.118 e. The molecule has 2 aliphatic heterocycles. The topological polar surface area (TPSA) is 35.9 Å². The van der Waals surface area contributed by atoms with Gasteiger partial charge in [-0.2, -0.15) is 0 Å². The van der Waals surface area contributed by atoms with Crippen LogP contribution in [-0.4, -0.2) is 48.2 Å². The Bertz CT molecular complexity index is 771. The molecule has 4 nitrogen and oxygen atoms in total. The highest BCUT2D eigenvalue weighted by Crippen LogP contribution is 2.46. The third-order valence-corrected chi connectivity index (χ3v) is 6.43. The molecule has 2 aromatic rings. The molecule has 2 fully saturated rings. The Labute approximate surface area is 168 Å². The number of hydrogen-bond donors (Lipinski definition) is 1. The number of fused-ring (bicyclic) bond motifs is 2. The first-order valence-electron chi connectivity index (χ1n) is 10.3. The first kappa shape index (κ1) is 19.4. The lowest BCUT2D eigenvalue weighted by Crippen LogP contribution is -2.49. The molecule has 2 aromatic carbocycles. The van der Waals surface area contributed by atoms with Crippen molar-refractivity contribution in [2.45, 2.75) is 56.5 Å². The number of nitrogens with zero attached hydrogens (tertiary/aromatic N) is 2. The molecule has 0 radical (unpaired) electrons. The summed E-state index contributed by atoms with van der Waals surface area (Å²) in [6.45, 7) is 1.96. The van der Waals surface area contributed by atoms with E-state index < -0.39 is 5.60 Å². The Morgan fingerprint density at radius 3 is 2.07 bits per heavy atom. The molecule has 2 aliphatic rings. The molecular weight excluding hydrogens is 348 g/mol. The van der Waals surface area contributed by atoms with Gasteiger partial charge >= 0.3 is 0 Å². The standard InChI is InChI=1S/C24H32N2O2/c1-25(2)16-18-4-6-19(7-5-18)17-26-21-10-11-22(26)15-24(27,14-21)20-8-12-23(28-3)13-9-20/h4-9,12-13,21-22,27H,10-11,14-17H2,1-3H3/t21-,22-/m0/s1. The fourth-order valence-corrected chi connectivity index (χ4v) is 5.04. The second-order valence-corrected chi connectivity index (χ2v) is 8.78. The highest BCUT2D eigenvalue weighted by molar-refractivity contribution is 5.32. The predicted molar refractivity (Wildman–Crippen MR) is 112 cm³/mol. The van der Waals surface area contributed by atoms with Crippen molar-refractivity contribution in [3.05, 3.63) is 65.2 Å². The van der Waals surface area contributed by atoms with E-state index in [1.165, 1.54) is 24.0 Å². The van der Waals surface area contributed by atoms with Crippen LogP contribution in [0.5, 0.6) is 5.75 Å². The van der Waals surface area contributed by atoms with Crippen molar-refractivity contribution < 1.29 is 9.84 Å². The lowest BCUT2D eigenvalue weighted by atomic mass is 9.80. The number of rotatable bonds is 6. The van der Waals surface area contributed by atoms with Crippen LogP contribution in [0.2, 0.25) is 0 Å². The normalized spacial score (nSPS) is 27.3. The van der Waals surface area contributed by atoms with E-state index in [2.05, 4.69) is 48.2 Å². The van der Waals surface area contributed by atoms with Crippen molar-refractivity contribution in [3.8, 4) is 5.75 Å². The van der Waals surface area contributed by atoms with E-state index in [9.17, 15) is 5.11 Å². The minimum atomic E-state index is -0.718. The molecular formula is C24H32N2O2. The highest BCUT2D eigenvalue weighted by Gasteiger charge is 2.48. The van der Waals surface area contributed by atoms with E-state index in [4.69, 9.17) is 4.74 Å². The zero-order chi connectivity index (χ0) is 19.7. The molecule has 0 aliphatic carbocycles. The molecule has 0 unspecified atom stereocenters. The monoisotopic (exact) mass is 380 g/mol. The molecule has 2 atom stereocenters. The van der Waals surface area contributed by atoms with E-state index in [-0.39, 0.29) is 0 Å². The third-order valence-electron chi connectivity index (χ3n) is 6.43. The molecule has 0 amide bonds. The Morgan fingerprint density at radius 2 is 1.54 bits per heavy atom. The summed E-state index contributed by atoms with van der Waals surface area (Å²) in [7, 11) is 5.88. The minimum absolute atomic E-state index is 0.451. The number of piperidine rings is 1. The van der Waals surface area contributed by atoms with Gasteiger partial charge in [-0.1, -0.05) is 36.4 Å². The molecule has 0 saturated carbocycles. The average molecular weight is 381 g/mol. The van der Waals surface area contributed by atoms with Gasteiger partial charge in [0.2, 0.25) is 0 Å². The Morgan fingerprint density at radius 1 is 0.964 bits per heavy atom. The van der Waals surface area contributed by atoms with E-state index in [1.807, 2.05) is 24.3 Å². The Kier molecular flexibility index (Phi) is 5.46. The molecule has 150 valence electrons. The molecule has 2 heterocycles. The lowest BCUT2D eigenvalue weighted by molar-refractivity contribution is -0.0595. The minimum Gasteiger partial charge on any atom is -0.497 e. The summed E-state index contributed by atoms with van der Waals surface area (Å²) in [6.07, 6.45) is 3.99. The van der Waals surface area contributed by atoms with Gasteiger partial charge in [0.05, 0.1) is 12.7 Å². The van der Waals surface area contributed by atoms with E-state index in [0.29, 0.717) is 12.1 Å². The van der Waals surface area contributed by atoms with E-state index >= 15 is 0 Å². The summed E-state index contributed by atoms with van der Waals surface area (Å²) in [5.74, 6) is 0.838. The number of benzene rings is 2. The quantitative estimate of drug-likeness (QED) is 0.828. The molecule has 4 rings (SSSR count). The first-order valence-corrected chi connectivity index (χ1v) is 10.3. The Balaban J connectivity index is 1.45. The molecule has 2 saturated heterocycles. The van der Waals surface area contributed by atoms with Gasteiger partial charge in [0.25, 0.3) is 0 Å². The van der Waals surface area contributed by atoms with Crippen molar-refractivity contribution in [2.75, 3.05) is 21.2 Å². The van der Waals surface area contributed by atoms with Gasteiger partial charge in [-0.05, 0) is 68.6 Å². The third kappa shape index (κ3) is 3.95. The Hall–Kier alpha value is -1.88. The van der Waals surface area contributed by atoms with Crippen molar-refractivity contribution in [2.24, 2.45) is 0 Å². The first-order chi connectivity index (χ1) is 13.5. The summed E-state index contributed by atoms with van der Waals surface area (Å²) in [6, 6.07) is 17.9. The van der Waals surface area contributed by atoms with Crippen LogP contribution in [0.1, 0.15) is 42.4 Å². The number of ether oxygens (including phenoxy) is 1. The van der Waals surface area contributed by atoms with Crippen LogP contribution in [0.4, 0.5) is 0 Å². The van der Waals surface area contributed by atoms with Crippen LogP contribution in [0.25, 0.3) is 0 Å². The second-order valence-electron chi connectivity index (χ2n) is 8.78. The highest BCUT2D eigenvalue weighted by atomic mass is 16.5. The largest absolute Gasteiger partial charge is 0.497 e. The van der Waals surface area contributed by atoms with E-state index in [0.717, 1.165) is 37.2 Å². The van der Waals surface area contributed by atoms with Crippen molar-refractivity contribution in [3.63, 3.8) is 0 Å². The zero-order valence-corrected chi connectivity index (χ0v) is 17.3. The van der Waals surface area contributed by atoms with Gasteiger partial charge in [0.1, 0.15) is 5.75 Å². The number of hydrogen-bond acceptors (Lipinski definition) is 4. The van der Waals surface area contributed by atoms with Gasteiger partial charge in [-0.15, -0.1) is 0 Å². The molecule has 2 bridgehead atoms. The van der Waals surface area contributed by atoms with Crippen molar-refractivity contribution >= 4 is 0 Å². The smallest absolute Gasteiger partial charge is 0.118 e. The summed E-state index contributed by atoms with van der Waals surface area (Å²) < 4.78 is 5.26. The van der Waals surface area contributed by atoms with Gasteiger partial charge in [0, 0.05) is 25.2 Å². The maximum atomic E-state index is 11.4. The van der Waals surface area contributed by atoms with Crippen LogP contribution in [-0.2, 0) is 18.7 Å². The second kappa shape index (κ2) is 7.86. The number of aliphatic hydroxyl groups is 1. The average Bonchev–Trinajstić information content (AvgIpc) is 2.93. The van der Waals surface area contributed by atoms with Crippen molar-refractivity contribution in [1.29, 1.82) is 0 Å². The summed E-state index contributed by atoms with van der Waals surface area (Å²) in [5, 5.41) is 11.4. The van der Waals surface area contributed by atoms with Gasteiger partial charge in [0.15, 0.2) is 0 Å². The molecule has 0 aromatic heterocycles. The molecule has 1 N–H and O–H groups in total. The van der Waals surface area contributed by atoms with Crippen LogP contribution in [0.15, 0.2) is 48.5 Å². The SMILES string of the molecule is COc1ccc(C2(O)C[C@@H]3CC[C@@H](C2)N3Cc2ccc(CN(C)C)cc2)cc1. The predicted octanol–water partition coefficient (Wildman–Crippen LogP) is 3.77. The van der Waals surface area contributed by atoms with Crippen molar-refractivity contribution in [1.82, 2.24) is 9.80 Å². The van der Waals surface area contributed by atoms with Crippen LogP contribution in [0.3, 0.4) is 0 Å². The van der Waals surface area contributed by atoms with Crippen LogP contribution >= 0.6 is 0 Å². The van der Waals surface area contributed by atoms with Gasteiger partial charge < -0.3 is 14.7 Å². The summed E-state index contributed by atoms with van der Waals surface area (Å²) >= 11 is 0. The maximum absolute atomic E-state index is 11.4. The molecule has 0 spiro atoms.